The minimum Gasteiger partial charge on any atom is -0.496 e. The number of halogens is 3. The number of rotatable bonds is 14. The SMILES string of the molecule is COc1cc([C@@H](O)[C@H](CC2Cc3ccccc3C2)Cn2ccc(CCC(=O)NS(=O)(=O)c3ccccc3OC(F)(F)F)c2)cc(OC)c1C. The first-order valence-corrected chi connectivity index (χ1v) is 17.3. The summed E-state index contributed by atoms with van der Waals surface area (Å²) in [6.45, 7) is 2.35. The van der Waals surface area contributed by atoms with E-state index in [1.165, 1.54) is 23.3 Å². The molecule has 13 heteroatoms. The summed E-state index contributed by atoms with van der Waals surface area (Å²) in [6, 6.07) is 18.0. The van der Waals surface area contributed by atoms with Gasteiger partial charge in [0.1, 0.15) is 22.1 Å². The van der Waals surface area contributed by atoms with Crippen molar-refractivity contribution in [1.29, 1.82) is 0 Å². The molecule has 0 spiro atoms. The lowest BCUT2D eigenvalue weighted by Crippen LogP contribution is -2.31. The maximum atomic E-state index is 12.8. The van der Waals surface area contributed by atoms with Crippen molar-refractivity contribution in [1.82, 2.24) is 9.29 Å². The molecule has 4 aromatic rings. The first kappa shape index (κ1) is 35.8. The van der Waals surface area contributed by atoms with Crippen molar-refractivity contribution in [2.75, 3.05) is 14.2 Å². The first-order chi connectivity index (χ1) is 23.3. The zero-order valence-corrected chi connectivity index (χ0v) is 28.2. The zero-order valence-electron chi connectivity index (χ0n) is 27.4. The summed E-state index contributed by atoms with van der Waals surface area (Å²) in [5.74, 6) is -0.470. The normalized spacial score (nSPS) is 14.6. The van der Waals surface area contributed by atoms with Gasteiger partial charge in [-0.3, -0.25) is 4.79 Å². The van der Waals surface area contributed by atoms with Crippen molar-refractivity contribution in [2.24, 2.45) is 11.8 Å². The number of aliphatic hydroxyl groups excluding tert-OH is 1. The second-order valence-corrected chi connectivity index (χ2v) is 13.9. The van der Waals surface area contributed by atoms with Gasteiger partial charge < -0.3 is 23.9 Å². The minimum absolute atomic E-state index is 0.173. The van der Waals surface area contributed by atoms with Gasteiger partial charge in [-0.05, 0) is 91.1 Å². The number of sulfonamides is 1. The summed E-state index contributed by atoms with van der Waals surface area (Å²) in [4.78, 5) is 11.8. The summed E-state index contributed by atoms with van der Waals surface area (Å²) in [5, 5.41) is 11.8. The van der Waals surface area contributed by atoms with Crippen LogP contribution in [0.1, 0.15) is 46.8 Å². The van der Waals surface area contributed by atoms with E-state index < -0.39 is 39.0 Å². The number of aliphatic hydroxyl groups is 1. The number of ether oxygens (including phenoxy) is 3. The standard InChI is InChI=1S/C36H39F3N2O7S/c1-23-31(46-2)19-28(20-32(23)47-3)35(43)29(18-25-16-26-8-4-5-9-27(26)17-25)22-41-15-14-24(21-41)12-13-34(42)40-49(44,45)33-11-7-6-10-30(33)48-36(37,38)39/h4-11,14-15,19-21,25,29,35,43H,12-13,16-18,22H2,1-3H3,(H,40,42)/t29-,35-/m1/s1. The van der Waals surface area contributed by atoms with Crippen LogP contribution in [-0.2, 0) is 40.6 Å². The van der Waals surface area contributed by atoms with E-state index in [9.17, 15) is 31.5 Å². The number of fused-ring (bicyclic) bond motifs is 1. The molecule has 9 nitrogen and oxygen atoms in total. The maximum Gasteiger partial charge on any atom is 0.573 e. The van der Waals surface area contributed by atoms with Gasteiger partial charge in [-0.1, -0.05) is 36.4 Å². The van der Waals surface area contributed by atoms with Gasteiger partial charge >= 0.3 is 6.36 Å². The van der Waals surface area contributed by atoms with E-state index in [0.717, 1.165) is 42.5 Å². The number of nitrogens with one attached hydrogen (secondary N) is 1. The average Bonchev–Trinajstić information content (AvgIpc) is 3.68. The molecule has 1 aliphatic carbocycles. The van der Waals surface area contributed by atoms with Gasteiger partial charge in [0.05, 0.1) is 20.3 Å². The highest BCUT2D eigenvalue weighted by Gasteiger charge is 2.34. The fraction of sp³-hybridized carbons (Fsp3) is 0.361. The van der Waals surface area contributed by atoms with Crippen molar-refractivity contribution >= 4 is 15.9 Å². The predicted molar refractivity (Wildman–Crippen MR) is 176 cm³/mol. The smallest absolute Gasteiger partial charge is 0.496 e. The van der Waals surface area contributed by atoms with E-state index in [2.05, 4.69) is 16.9 Å². The first-order valence-electron chi connectivity index (χ1n) is 15.8. The van der Waals surface area contributed by atoms with Crippen LogP contribution >= 0.6 is 0 Å². The molecule has 1 amide bonds. The van der Waals surface area contributed by atoms with Crippen LogP contribution in [0.5, 0.6) is 17.2 Å². The third-order valence-corrected chi connectivity index (χ3v) is 10.3. The number of hydrogen-bond donors (Lipinski definition) is 2. The Bertz CT molecular complexity index is 1840. The lowest BCUT2D eigenvalue weighted by Gasteiger charge is -2.27. The van der Waals surface area contributed by atoms with E-state index in [0.29, 0.717) is 29.5 Å². The molecule has 3 aromatic carbocycles. The molecule has 0 fully saturated rings. The number of aryl methyl sites for hydroxylation is 1. The van der Waals surface area contributed by atoms with Gasteiger partial charge in [0.15, 0.2) is 0 Å². The number of hydrogen-bond acceptors (Lipinski definition) is 7. The maximum absolute atomic E-state index is 12.8. The molecule has 0 aliphatic heterocycles. The topological polar surface area (TPSA) is 116 Å². The van der Waals surface area contributed by atoms with E-state index in [4.69, 9.17) is 9.47 Å². The summed E-state index contributed by atoms with van der Waals surface area (Å²) < 4.78 is 82.6. The Morgan fingerprint density at radius 1 is 0.980 bits per heavy atom. The van der Waals surface area contributed by atoms with Gasteiger partial charge in [0, 0.05) is 36.8 Å². The number of nitrogens with zero attached hydrogens (tertiary/aromatic N) is 1. The van der Waals surface area contributed by atoms with Crippen LogP contribution in [0.3, 0.4) is 0 Å². The van der Waals surface area contributed by atoms with E-state index in [1.807, 2.05) is 52.9 Å². The van der Waals surface area contributed by atoms with Crippen LogP contribution in [0, 0.1) is 18.8 Å². The highest BCUT2D eigenvalue weighted by Crippen LogP contribution is 2.39. The number of carbonyl (C=O) groups excluding carboxylic acids is 1. The van der Waals surface area contributed by atoms with Crippen molar-refractivity contribution in [3.63, 3.8) is 0 Å². The molecule has 0 bridgehead atoms. The molecular weight excluding hydrogens is 661 g/mol. The summed E-state index contributed by atoms with van der Waals surface area (Å²) in [7, 11) is -1.49. The minimum atomic E-state index is -5.11. The molecule has 0 saturated heterocycles. The summed E-state index contributed by atoms with van der Waals surface area (Å²) >= 11 is 0. The highest BCUT2D eigenvalue weighted by molar-refractivity contribution is 7.90. The fourth-order valence-corrected chi connectivity index (χ4v) is 7.66. The molecule has 0 radical (unpaired) electrons. The predicted octanol–water partition coefficient (Wildman–Crippen LogP) is 6.30. The lowest BCUT2D eigenvalue weighted by atomic mass is 9.85. The van der Waals surface area contributed by atoms with Gasteiger partial charge in [-0.25, -0.2) is 13.1 Å². The number of para-hydroxylation sites is 1. The van der Waals surface area contributed by atoms with Gasteiger partial charge in [0.2, 0.25) is 5.91 Å². The summed E-state index contributed by atoms with van der Waals surface area (Å²) in [5.41, 5.74) is 4.88. The van der Waals surface area contributed by atoms with Gasteiger partial charge in [-0.15, -0.1) is 13.2 Å². The third kappa shape index (κ3) is 8.95. The van der Waals surface area contributed by atoms with Crippen molar-refractivity contribution < 1.29 is 45.7 Å². The number of amides is 1. The van der Waals surface area contributed by atoms with Crippen LogP contribution in [0.15, 0.2) is 84.0 Å². The van der Waals surface area contributed by atoms with Crippen molar-refractivity contribution in [3.05, 3.63) is 107 Å². The van der Waals surface area contributed by atoms with E-state index in [1.54, 1.807) is 20.3 Å². The number of alkyl halides is 3. The largest absolute Gasteiger partial charge is 0.573 e. The third-order valence-electron chi connectivity index (χ3n) is 8.84. The second-order valence-electron chi connectivity index (χ2n) is 12.3. The van der Waals surface area contributed by atoms with Crippen LogP contribution in [0.2, 0.25) is 0 Å². The average molecular weight is 701 g/mol. The zero-order chi connectivity index (χ0) is 35.3. The highest BCUT2D eigenvalue weighted by atomic mass is 32.2. The van der Waals surface area contributed by atoms with Crippen molar-refractivity contribution in [3.8, 4) is 17.2 Å². The molecule has 0 saturated carbocycles. The Hall–Kier alpha value is -4.49. The van der Waals surface area contributed by atoms with Crippen LogP contribution in [0.25, 0.3) is 0 Å². The molecule has 2 N–H and O–H groups in total. The Labute approximate surface area is 283 Å². The molecule has 1 heterocycles. The monoisotopic (exact) mass is 700 g/mol. The molecular formula is C36H39F3N2O7S. The van der Waals surface area contributed by atoms with Crippen LogP contribution in [-0.4, -0.2) is 44.6 Å². The number of aromatic nitrogens is 1. The Kier molecular flexibility index (Phi) is 10.9. The second kappa shape index (κ2) is 15.0. The molecule has 49 heavy (non-hydrogen) atoms. The fourth-order valence-electron chi connectivity index (χ4n) is 6.52. The van der Waals surface area contributed by atoms with Crippen LogP contribution in [0.4, 0.5) is 13.2 Å². The number of benzene rings is 3. The molecule has 1 aliphatic rings. The molecule has 5 rings (SSSR count). The molecule has 2 atom stereocenters. The van der Waals surface area contributed by atoms with Crippen LogP contribution < -0.4 is 18.9 Å². The van der Waals surface area contributed by atoms with Crippen molar-refractivity contribution in [2.45, 2.75) is 62.9 Å². The Balaban J connectivity index is 1.28. The molecule has 1 aromatic heterocycles. The summed E-state index contributed by atoms with van der Waals surface area (Å²) in [6.07, 6.45) is 0.234. The number of carbonyl (C=O) groups is 1. The van der Waals surface area contributed by atoms with Gasteiger partial charge in [-0.2, -0.15) is 0 Å². The van der Waals surface area contributed by atoms with E-state index in [-0.39, 0.29) is 18.8 Å². The molecule has 262 valence electrons. The Morgan fingerprint density at radius 3 is 2.20 bits per heavy atom. The quantitative estimate of drug-likeness (QED) is 0.159. The lowest BCUT2D eigenvalue weighted by molar-refractivity contribution is -0.275. The Morgan fingerprint density at radius 2 is 1.59 bits per heavy atom. The number of methoxy groups -OCH3 is 2. The van der Waals surface area contributed by atoms with Gasteiger partial charge in [0.25, 0.3) is 10.0 Å². The van der Waals surface area contributed by atoms with E-state index >= 15 is 0 Å². The molecule has 0 unspecified atom stereocenters.